The van der Waals surface area contributed by atoms with Crippen molar-refractivity contribution in [1.82, 2.24) is 49.9 Å². The number of H-pyrrole nitrogens is 1. The summed E-state index contributed by atoms with van der Waals surface area (Å²) in [5.74, 6) is 0.205. The van der Waals surface area contributed by atoms with E-state index in [-0.39, 0.29) is 42.8 Å². The van der Waals surface area contributed by atoms with Crippen molar-refractivity contribution < 1.29 is 19.1 Å². The average molecular weight is 802 g/mol. The largest absolute Gasteiger partial charge is 0.492 e. The second-order valence-corrected chi connectivity index (χ2v) is 14.7. The van der Waals surface area contributed by atoms with E-state index in [2.05, 4.69) is 50.3 Å². The second-order valence-electron chi connectivity index (χ2n) is 14.7. The molecule has 0 unspecified atom stereocenters. The third-order valence-corrected chi connectivity index (χ3v) is 10.2. The van der Waals surface area contributed by atoms with Gasteiger partial charge in [-0.25, -0.2) is 15.0 Å². The molecule has 0 saturated carbocycles. The number of amides is 2. The number of nitrogens with one attached hydrogen (secondary N) is 3. The van der Waals surface area contributed by atoms with Gasteiger partial charge in [0.25, 0.3) is 17.4 Å². The van der Waals surface area contributed by atoms with E-state index in [0.29, 0.717) is 43.0 Å². The monoisotopic (exact) mass is 801 g/mol. The van der Waals surface area contributed by atoms with Crippen LogP contribution in [-0.4, -0.2) is 131 Å². The summed E-state index contributed by atoms with van der Waals surface area (Å²) in [6.07, 6.45) is 6.02. The van der Waals surface area contributed by atoms with Crippen LogP contribution in [0.5, 0.6) is 5.75 Å². The lowest BCUT2D eigenvalue weighted by atomic mass is 10.1. The summed E-state index contributed by atoms with van der Waals surface area (Å²) in [6.45, 7) is 9.08. The third kappa shape index (κ3) is 10.6. The minimum atomic E-state index is -0.316. The van der Waals surface area contributed by atoms with E-state index in [1.54, 1.807) is 30.7 Å². The molecule has 59 heavy (non-hydrogen) atoms. The molecule has 2 amide bonds. The first-order valence-corrected chi connectivity index (χ1v) is 20.0. The maximum Gasteiger partial charge on any atom is 0.270 e. The summed E-state index contributed by atoms with van der Waals surface area (Å²) in [4.78, 5) is 65.7. The zero-order valence-corrected chi connectivity index (χ0v) is 33.8. The molecule has 3 N–H and O–H groups in total. The molecular formula is C43H51N11O5. The van der Waals surface area contributed by atoms with E-state index in [1.165, 1.54) is 0 Å². The Morgan fingerprint density at radius 1 is 0.814 bits per heavy atom. The Labute approximate surface area is 342 Å². The number of fused-ring (bicyclic) bond motifs is 2. The molecule has 16 heteroatoms. The fourth-order valence-electron chi connectivity index (χ4n) is 6.88. The van der Waals surface area contributed by atoms with Gasteiger partial charge in [-0.3, -0.25) is 24.3 Å². The fraction of sp³-hybridized carbons (Fsp3) is 0.372. The van der Waals surface area contributed by atoms with Gasteiger partial charge in [0.2, 0.25) is 0 Å². The molecular weight excluding hydrogens is 751 g/mol. The van der Waals surface area contributed by atoms with Gasteiger partial charge >= 0.3 is 0 Å². The Balaban J connectivity index is 0.796. The molecule has 0 aliphatic carbocycles. The summed E-state index contributed by atoms with van der Waals surface area (Å²) in [7, 11) is 4.01. The molecule has 16 nitrogen and oxygen atoms in total. The standard InChI is InChI=1S/C43H51N11O5/c1-4-31-24-37-38(50-41(31)55)23-30(25-46-37)27-52-15-17-53(18-16-52)33-9-10-35(47-26-33)42(56)44-13-20-58-21-14-45-43(57)36-12-11-34-40(49-36)54(29-48-34)28-32-7-5-6-8-39(32)59-22-19-51(2)3/h5-12,23-26,29H,4,13-22,27-28H2,1-3H3,(H,44,56)(H,45,57)(H,50,55). The van der Waals surface area contributed by atoms with Crippen LogP contribution in [-0.2, 0) is 24.2 Å². The molecule has 1 aromatic carbocycles. The molecule has 1 saturated heterocycles. The maximum atomic E-state index is 12.9. The molecule has 6 heterocycles. The van der Waals surface area contributed by atoms with Crippen molar-refractivity contribution in [2.75, 3.05) is 84.6 Å². The summed E-state index contributed by atoms with van der Waals surface area (Å²) in [5.41, 5.74) is 7.17. The van der Waals surface area contributed by atoms with E-state index in [0.717, 1.165) is 78.4 Å². The van der Waals surface area contributed by atoms with Gasteiger partial charge in [0, 0.05) is 69.7 Å². The molecule has 1 fully saturated rings. The number of imidazole rings is 1. The fourth-order valence-corrected chi connectivity index (χ4v) is 6.88. The molecule has 0 bridgehead atoms. The molecule has 0 radical (unpaired) electrons. The summed E-state index contributed by atoms with van der Waals surface area (Å²) in [6, 6.07) is 18.9. The SMILES string of the molecule is CCc1cc2ncc(CN3CCN(c4ccc(C(=O)NCCOCCNC(=O)c5ccc6ncn(Cc7ccccc7OCCN(C)C)c6n5)nc4)CC3)cc2[nH]c1=O. The number of aryl methyl sites for hydroxylation is 1. The number of hydrogen-bond acceptors (Lipinski definition) is 12. The van der Waals surface area contributed by atoms with Crippen LogP contribution in [0.15, 0.2) is 84.2 Å². The lowest BCUT2D eigenvalue weighted by Crippen LogP contribution is -2.46. The Morgan fingerprint density at radius 2 is 1.58 bits per heavy atom. The highest BCUT2D eigenvalue weighted by atomic mass is 16.5. The van der Waals surface area contributed by atoms with Gasteiger partial charge < -0.3 is 39.5 Å². The normalized spacial score (nSPS) is 13.3. The minimum Gasteiger partial charge on any atom is -0.492 e. The predicted octanol–water partition coefficient (Wildman–Crippen LogP) is 3.11. The number of anilines is 1. The quantitative estimate of drug-likeness (QED) is 0.109. The molecule has 5 aromatic heterocycles. The summed E-state index contributed by atoms with van der Waals surface area (Å²) in [5, 5.41) is 5.69. The van der Waals surface area contributed by atoms with Crippen LogP contribution in [0.1, 0.15) is 44.6 Å². The Morgan fingerprint density at radius 3 is 2.32 bits per heavy atom. The van der Waals surface area contributed by atoms with Crippen LogP contribution in [0.4, 0.5) is 5.69 Å². The number of carbonyl (C=O) groups excluding carboxylic acids is 2. The number of likely N-dealkylation sites (N-methyl/N-ethyl adjacent to an activating group) is 1. The third-order valence-electron chi connectivity index (χ3n) is 10.2. The van der Waals surface area contributed by atoms with Crippen LogP contribution >= 0.6 is 0 Å². The molecule has 6 aromatic rings. The molecule has 1 aliphatic heterocycles. The first kappa shape index (κ1) is 40.9. The summed E-state index contributed by atoms with van der Waals surface area (Å²) >= 11 is 0. The molecule has 0 spiro atoms. The maximum absolute atomic E-state index is 12.9. The van der Waals surface area contributed by atoms with Gasteiger partial charge in [-0.05, 0) is 68.5 Å². The number of pyridine rings is 4. The lowest BCUT2D eigenvalue weighted by Gasteiger charge is -2.36. The van der Waals surface area contributed by atoms with Crippen molar-refractivity contribution in [2.45, 2.75) is 26.4 Å². The molecule has 1 aliphatic rings. The number of ether oxygens (including phenoxy) is 2. The zero-order valence-electron chi connectivity index (χ0n) is 33.8. The van der Waals surface area contributed by atoms with E-state index in [1.807, 2.05) is 74.2 Å². The average Bonchev–Trinajstić information content (AvgIpc) is 3.65. The number of carbonyl (C=O) groups is 2. The highest BCUT2D eigenvalue weighted by Gasteiger charge is 2.19. The van der Waals surface area contributed by atoms with Crippen LogP contribution in [0.2, 0.25) is 0 Å². The van der Waals surface area contributed by atoms with Gasteiger partial charge in [0.05, 0.1) is 49.0 Å². The van der Waals surface area contributed by atoms with E-state index < -0.39 is 0 Å². The topological polar surface area (TPSA) is 176 Å². The zero-order chi connectivity index (χ0) is 41.1. The van der Waals surface area contributed by atoms with Crippen molar-refractivity contribution in [3.05, 3.63) is 118 Å². The second kappa shape index (κ2) is 19.5. The van der Waals surface area contributed by atoms with Crippen molar-refractivity contribution >= 4 is 39.7 Å². The van der Waals surface area contributed by atoms with Gasteiger partial charge in [0.15, 0.2) is 5.65 Å². The number of benzene rings is 1. The first-order valence-electron chi connectivity index (χ1n) is 20.0. The lowest BCUT2D eigenvalue weighted by molar-refractivity contribution is 0.0888. The van der Waals surface area contributed by atoms with E-state index in [4.69, 9.17) is 9.47 Å². The number of para-hydroxylation sites is 1. The van der Waals surface area contributed by atoms with Gasteiger partial charge in [-0.1, -0.05) is 25.1 Å². The van der Waals surface area contributed by atoms with Crippen molar-refractivity contribution in [3.8, 4) is 5.75 Å². The van der Waals surface area contributed by atoms with Crippen molar-refractivity contribution in [2.24, 2.45) is 0 Å². The van der Waals surface area contributed by atoms with Crippen LogP contribution < -0.4 is 25.8 Å². The molecule has 308 valence electrons. The van der Waals surface area contributed by atoms with E-state index >= 15 is 0 Å². The van der Waals surface area contributed by atoms with E-state index in [9.17, 15) is 14.4 Å². The smallest absolute Gasteiger partial charge is 0.270 e. The van der Waals surface area contributed by atoms with Crippen LogP contribution in [0, 0.1) is 0 Å². The number of aromatic nitrogens is 6. The number of piperazine rings is 1. The Hall–Kier alpha value is -6.23. The highest BCUT2D eigenvalue weighted by Crippen LogP contribution is 2.22. The predicted molar refractivity (Wildman–Crippen MR) is 226 cm³/mol. The summed E-state index contributed by atoms with van der Waals surface area (Å²) < 4.78 is 13.6. The van der Waals surface area contributed by atoms with Crippen LogP contribution in [0.25, 0.3) is 22.2 Å². The first-order chi connectivity index (χ1) is 28.7. The number of rotatable bonds is 18. The number of aromatic amines is 1. The number of nitrogens with zero attached hydrogens (tertiary/aromatic N) is 8. The van der Waals surface area contributed by atoms with Gasteiger partial charge in [-0.2, -0.15) is 0 Å². The highest BCUT2D eigenvalue weighted by molar-refractivity contribution is 5.94. The van der Waals surface area contributed by atoms with Crippen molar-refractivity contribution in [1.29, 1.82) is 0 Å². The Kier molecular flexibility index (Phi) is 13.5. The van der Waals surface area contributed by atoms with Gasteiger partial charge in [-0.15, -0.1) is 0 Å². The van der Waals surface area contributed by atoms with Gasteiger partial charge in [0.1, 0.15) is 29.3 Å². The number of hydrogen-bond donors (Lipinski definition) is 3. The van der Waals surface area contributed by atoms with Crippen molar-refractivity contribution in [3.63, 3.8) is 0 Å². The Bertz CT molecular complexity index is 2420. The van der Waals surface area contributed by atoms with Crippen LogP contribution in [0.3, 0.4) is 0 Å². The molecule has 7 rings (SSSR count). The molecule has 0 atom stereocenters. The minimum absolute atomic E-state index is 0.0561.